The first-order valence-electron chi connectivity index (χ1n) is 9.72. The highest BCUT2D eigenvalue weighted by molar-refractivity contribution is 6.14. The van der Waals surface area contributed by atoms with Gasteiger partial charge in [-0.3, -0.25) is 14.9 Å². The molecule has 0 aliphatic carbocycles. The number of allylic oxidation sites excluding steroid dienone is 1. The van der Waals surface area contributed by atoms with Crippen LogP contribution in [0.1, 0.15) is 33.2 Å². The first kappa shape index (κ1) is 20.8. The van der Waals surface area contributed by atoms with Crippen molar-refractivity contribution in [3.63, 3.8) is 0 Å². The van der Waals surface area contributed by atoms with Crippen molar-refractivity contribution >= 4 is 23.5 Å². The normalized spacial score (nSPS) is 13.4. The third-order valence-electron chi connectivity index (χ3n) is 4.63. The summed E-state index contributed by atoms with van der Waals surface area (Å²) in [6, 6.07) is 16.9. The summed E-state index contributed by atoms with van der Waals surface area (Å²) in [6.45, 7) is 2.46. The zero-order valence-corrected chi connectivity index (χ0v) is 16.9. The molecule has 3 aromatic carbocycles. The minimum absolute atomic E-state index is 0.0350. The maximum absolute atomic E-state index is 12.6. The molecule has 3 aromatic rings. The number of carbonyl (C=O) groups excluding carboxylic acids is 2. The average Bonchev–Trinajstić information content (AvgIpc) is 3.10. The van der Waals surface area contributed by atoms with Crippen LogP contribution in [0.3, 0.4) is 0 Å². The van der Waals surface area contributed by atoms with Gasteiger partial charge in [-0.05, 0) is 48.9 Å². The van der Waals surface area contributed by atoms with Crippen molar-refractivity contribution in [3.8, 4) is 17.2 Å². The topological polar surface area (TPSA) is 105 Å². The predicted octanol–water partition coefficient (Wildman–Crippen LogP) is 4.83. The molecule has 0 N–H and O–H groups in total. The molecule has 0 amide bonds. The zero-order chi connectivity index (χ0) is 22.7. The third kappa shape index (κ3) is 4.34. The van der Waals surface area contributed by atoms with E-state index in [-0.39, 0.29) is 34.3 Å². The lowest BCUT2D eigenvalue weighted by molar-refractivity contribution is -0.384. The lowest BCUT2D eigenvalue weighted by atomic mass is 10.1. The molecule has 160 valence electrons. The van der Waals surface area contributed by atoms with Gasteiger partial charge in [0.25, 0.3) is 5.69 Å². The number of non-ortho nitro benzene ring substituents is 1. The van der Waals surface area contributed by atoms with Gasteiger partial charge in [-0.15, -0.1) is 0 Å². The molecule has 1 aliphatic heterocycles. The second kappa shape index (κ2) is 8.73. The quantitative estimate of drug-likeness (QED) is 0.181. The second-order valence-corrected chi connectivity index (χ2v) is 6.80. The van der Waals surface area contributed by atoms with E-state index < -0.39 is 10.9 Å². The summed E-state index contributed by atoms with van der Waals surface area (Å²) in [5, 5.41) is 10.9. The molecular formula is C24H17NO7. The highest BCUT2D eigenvalue weighted by Crippen LogP contribution is 2.35. The maximum Gasteiger partial charge on any atom is 0.343 e. The van der Waals surface area contributed by atoms with Crippen LogP contribution in [0.4, 0.5) is 5.69 Å². The van der Waals surface area contributed by atoms with Crippen molar-refractivity contribution in [1.82, 2.24) is 0 Å². The standard InChI is InChI=1S/C24H17NO7/c1-2-30-18-8-6-15(7-9-18)12-22-23(26)20-11-10-19(14-21(20)32-22)31-24(27)16-4-3-5-17(13-16)25(28)29/h3-14H,2H2,1H3/b22-12-. The number of ether oxygens (including phenoxy) is 3. The van der Waals surface area contributed by atoms with Gasteiger partial charge in [-0.2, -0.15) is 0 Å². The number of esters is 1. The largest absolute Gasteiger partial charge is 0.494 e. The molecule has 4 rings (SSSR count). The lowest BCUT2D eigenvalue weighted by Gasteiger charge is -2.06. The molecule has 8 nitrogen and oxygen atoms in total. The molecule has 0 radical (unpaired) electrons. The molecule has 1 heterocycles. The Morgan fingerprint density at radius 2 is 1.81 bits per heavy atom. The Morgan fingerprint density at radius 1 is 1.06 bits per heavy atom. The van der Waals surface area contributed by atoms with Gasteiger partial charge >= 0.3 is 5.97 Å². The summed E-state index contributed by atoms with van der Waals surface area (Å²) in [5.41, 5.74) is 0.929. The van der Waals surface area contributed by atoms with E-state index in [1.807, 2.05) is 19.1 Å². The van der Waals surface area contributed by atoms with Gasteiger partial charge in [-0.25, -0.2) is 4.79 Å². The van der Waals surface area contributed by atoms with Gasteiger partial charge < -0.3 is 14.2 Å². The Morgan fingerprint density at radius 3 is 2.53 bits per heavy atom. The third-order valence-corrected chi connectivity index (χ3v) is 4.63. The molecule has 0 aromatic heterocycles. The zero-order valence-electron chi connectivity index (χ0n) is 16.9. The van der Waals surface area contributed by atoms with Gasteiger partial charge in [-0.1, -0.05) is 18.2 Å². The van der Waals surface area contributed by atoms with E-state index >= 15 is 0 Å². The highest BCUT2D eigenvalue weighted by atomic mass is 16.6. The molecule has 0 saturated heterocycles. The van der Waals surface area contributed by atoms with E-state index in [4.69, 9.17) is 14.2 Å². The van der Waals surface area contributed by atoms with Gasteiger partial charge in [0.15, 0.2) is 5.76 Å². The van der Waals surface area contributed by atoms with E-state index in [1.165, 1.54) is 36.4 Å². The fourth-order valence-electron chi connectivity index (χ4n) is 3.12. The summed E-state index contributed by atoms with van der Waals surface area (Å²) < 4.78 is 16.4. The van der Waals surface area contributed by atoms with Crippen molar-refractivity contribution < 1.29 is 28.7 Å². The average molecular weight is 431 g/mol. The Kier molecular flexibility index (Phi) is 5.67. The summed E-state index contributed by atoms with van der Waals surface area (Å²) in [6.07, 6.45) is 1.62. The van der Waals surface area contributed by atoms with Crippen LogP contribution < -0.4 is 14.2 Å². The number of carbonyl (C=O) groups is 2. The van der Waals surface area contributed by atoms with Crippen LogP contribution in [0.25, 0.3) is 6.08 Å². The number of ketones is 1. The summed E-state index contributed by atoms with van der Waals surface area (Å²) in [7, 11) is 0. The van der Waals surface area contributed by atoms with E-state index in [0.29, 0.717) is 12.2 Å². The lowest BCUT2D eigenvalue weighted by Crippen LogP contribution is -2.08. The van der Waals surface area contributed by atoms with Crippen molar-refractivity contribution in [2.75, 3.05) is 6.61 Å². The fourth-order valence-corrected chi connectivity index (χ4v) is 3.12. The Bertz CT molecular complexity index is 1250. The minimum atomic E-state index is -0.761. The van der Waals surface area contributed by atoms with Crippen LogP contribution in [0.15, 0.2) is 72.5 Å². The minimum Gasteiger partial charge on any atom is -0.494 e. The van der Waals surface area contributed by atoms with Gasteiger partial charge in [0, 0.05) is 18.2 Å². The Balaban J connectivity index is 1.51. The number of hydrogen-bond acceptors (Lipinski definition) is 7. The molecule has 0 unspecified atom stereocenters. The number of nitro groups is 1. The van der Waals surface area contributed by atoms with Crippen LogP contribution in [0.2, 0.25) is 0 Å². The maximum atomic E-state index is 12.6. The number of nitro benzene ring substituents is 1. The molecule has 0 fully saturated rings. The van der Waals surface area contributed by atoms with E-state index in [0.717, 1.165) is 17.4 Å². The monoisotopic (exact) mass is 431 g/mol. The van der Waals surface area contributed by atoms with Crippen molar-refractivity contribution in [1.29, 1.82) is 0 Å². The number of fused-ring (bicyclic) bond motifs is 1. The molecule has 1 aliphatic rings. The summed E-state index contributed by atoms with van der Waals surface area (Å²) >= 11 is 0. The first-order valence-corrected chi connectivity index (χ1v) is 9.72. The number of Topliss-reactive ketones (excluding diaryl/α,β-unsaturated/α-hetero) is 1. The molecule has 0 atom stereocenters. The smallest absolute Gasteiger partial charge is 0.343 e. The van der Waals surface area contributed by atoms with E-state index in [2.05, 4.69) is 0 Å². The molecular weight excluding hydrogens is 414 g/mol. The van der Waals surface area contributed by atoms with Crippen LogP contribution in [0.5, 0.6) is 17.2 Å². The van der Waals surface area contributed by atoms with Gasteiger partial charge in [0.05, 0.1) is 22.7 Å². The highest BCUT2D eigenvalue weighted by Gasteiger charge is 2.28. The van der Waals surface area contributed by atoms with Crippen LogP contribution >= 0.6 is 0 Å². The number of hydrogen-bond donors (Lipinski definition) is 0. The van der Waals surface area contributed by atoms with Gasteiger partial charge in [0.2, 0.25) is 5.78 Å². The van der Waals surface area contributed by atoms with Gasteiger partial charge in [0.1, 0.15) is 17.2 Å². The van der Waals surface area contributed by atoms with Crippen molar-refractivity contribution in [3.05, 3.63) is 99.3 Å². The molecule has 32 heavy (non-hydrogen) atoms. The molecule has 0 bridgehead atoms. The summed E-state index contributed by atoms with van der Waals surface area (Å²) in [4.78, 5) is 35.3. The second-order valence-electron chi connectivity index (χ2n) is 6.80. The van der Waals surface area contributed by atoms with Crippen LogP contribution in [-0.4, -0.2) is 23.3 Å². The molecule has 0 saturated carbocycles. The Labute approximate surface area is 182 Å². The fraction of sp³-hybridized carbons (Fsp3) is 0.0833. The molecule has 0 spiro atoms. The van der Waals surface area contributed by atoms with E-state index in [1.54, 1.807) is 18.2 Å². The predicted molar refractivity (Wildman–Crippen MR) is 115 cm³/mol. The SMILES string of the molecule is CCOc1ccc(/C=C2\Oc3cc(OC(=O)c4cccc([N+](=O)[O-])c4)ccc3C2=O)cc1. The number of rotatable bonds is 6. The Hall–Kier alpha value is -4.46. The van der Waals surface area contributed by atoms with E-state index in [9.17, 15) is 19.7 Å². The number of nitrogens with zero attached hydrogens (tertiary/aromatic N) is 1. The number of benzene rings is 3. The molecule has 8 heteroatoms. The van der Waals surface area contributed by atoms with Crippen molar-refractivity contribution in [2.45, 2.75) is 6.92 Å². The van der Waals surface area contributed by atoms with Crippen LogP contribution in [0, 0.1) is 10.1 Å². The van der Waals surface area contributed by atoms with Crippen LogP contribution in [-0.2, 0) is 0 Å². The van der Waals surface area contributed by atoms with Crippen molar-refractivity contribution in [2.24, 2.45) is 0 Å². The summed E-state index contributed by atoms with van der Waals surface area (Å²) in [5.74, 6) is 0.235. The first-order chi connectivity index (χ1) is 15.4.